The van der Waals surface area contributed by atoms with E-state index in [1.165, 1.54) is 12.1 Å². The van der Waals surface area contributed by atoms with Gasteiger partial charge in [0.25, 0.3) is 0 Å². The summed E-state index contributed by atoms with van der Waals surface area (Å²) >= 11 is 0. The van der Waals surface area contributed by atoms with Crippen LogP contribution in [-0.2, 0) is 11.3 Å². The molecular formula is C21H21FN2O2. The molecule has 0 fully saturated rings. The number of aromatic nitrogens is 1. The van der Waals surface area contributed by atoms with Crippen LogP contribution in [0.4, 0.5) is 4.39 Å². The summed E-state index contributed by atoms with van der Waals surface area (Å²) in [7, 11) is 1.61. The maximum atomic E-state index is 13.2. The molecular weight excluding hydrogens is 331 g/mol. The molecule has 26 heavy (non-hydrogen) atoms. The smallest absolute Gasteiger partial charge is 0.222 e. The van der Waals surface area contributed by atoms with Crippen LogP contribution in [0.2, 0.25) is 0 Å². The minimum Gasteiger partial charge on any atom is -0.496 e. The number of nitrogens with one attached hydrogen (secondary N) is 1. The molecule has 0 radical (unpaired) electrons. The Balaban J connectivity index is 1.70. The number of rotatable bonds is 7. The highest BCUT2D eigenvalue weighted by molar-refractivity contribution is 5.77. The molecule has 3 rings (SSSR count). The predicted octanol–water partition coefficient (Wildman–Crippen LogP) is 3.93. The number of hydrogen-bond acceptors (Lipinski definition) is 2. The van der Waals surface area contributed by atoms with Crippen molar-refractivity contribution in [1.29, 1.82) is 0 Å². The highest BCUT2D eigenvalue weighted by Gasteiger charge is 2.17. The Morgan fingerprint density at radius 1 is 1.08 bits per heavy atom. The van der Waals surface area contributed by atoms with Gasteiger partial charge < -0.3 is 14.6 Å². The third-order valence-electron chi connectivity index (χ3n) is 4.29. The van der Waals surface area contributed by atoms with E-state index < -0.39 is 0 Å². The lowest BCUT2D eigenvalue weighted by Gasteiger charge is -2.19. The maximum Gasteiger partial charge on any atom is 0.222 e. The SMILES string of the molecule is COc1ccccc1CNC(=O)CC(c1ccc(F)cc1)n1cccc1. The molecule has 1 heterocycles. The third-order valence-corrected chi connectivity index (χ3v) is 4.29. The van der Waals surface area contributed by atoms with E-state index in [1.54, 1.807) is 19.2 Å². The van der Waals surface area contributed by atoms with Crippen molar-refractivity contribution in [3.63, 3.8) is 0 Å². The third kappa shape index (κ3) is 4.30. The van der Waals surface area contributed by atoms with Crippen molar-refractivity contribution < 1.29 is 13.9 Å². The number of carbonyl (C=O) groups excluding carboxylic acids is 1. The molecule has 0 aliphatic rings. The molecule has 1 amide bonds. The topological polar surface area (TPSA) is 43.3 Å². The van der Waals surface area contributed by atoms with E-state index in [0.717, 1.165) is 16.9 Å². The van der Waals surface area contributed by atoms with Crippen LogP contribution in [0.1, 0.15) is 23.6 Å². The molecule has 134 valence electrons. The lowest BCUT2D eigenvalue weighted by Crippen LogP contribution is -2.26. The minimum atomic E-state index is -0.291. The molecule has 4 nitrogen and oxygen atoms in total. The van der Waals surface area contributed by atoms with Crippen LogP contribution >= 0.6 is 0 Å². The van der Waals surface area contributed by atoms with Crippen LogP contribution in [0.15, 0.2) is 73.1 Å². The molecule has 0 saturated heterocycles. The fourth-order valence-corrected chi connectivity index (χ4v) is 2.93. The van der Waals surface area contributed by atoms with Gasteiger partial charge in [-0.25, -0.2) is 4.39 Å². The van der Waals surface area contributed by atoms with Gasteiger partial charge in [0, 0.05) is 24.5 Å². The van der Waals surface area contributed by atoms with E-state index in [9.17, 15) is 9.18 Å². The zero-order valence-corrected chi connectivity index (χ0v) is 14.6. The summed E-state index contributed by atoms with van der Waals surface area (Å²) in [5.74, 6) is 0.368. The Bertz CT molecular complexity index is 845. The minimum absolute atomic E-state index is 0.0843. The molecule has 5 heteroatoms. The largest absolute Gasteiger partial charge is 0.496 e. The zero-order chi connectivity index (χ0) is 18.4. The molecule has 0 aliphatic heterocycles. The maximum absolute atomic E-state index is 13.2. The molecule has 1 aromatic heterocycles. The average Bonchev–Trinajstić information content (AvgIpc) is 3.20. The Kier molecular flexibility index (Phi) is 5.69. The molecule has 0 aliphatic carbocycles. The Morgan fingerprint density at radius 2 is 1.77 bits per heavy atom. The molecule has 0 saturated carbocycles. The first kappa shape index (κ1) is 17.7. The Morgan fingerprint density at radius 3 is 2.46 bits per heavy atom. The number of nitrogens with zero attached hydrogens (tertiary/aromatic N) is 1. The van der Waals surface area contributed by atoms with E-state index in [4.69, 9.17) is 4.74 Å². The van der Waals surface area contributed by atoms with Crippen LogP contribution in [0.25, 0.3) is 0 Å². The fraction of sp³-hybridized carbons (Fsp3) is 0.190. The van der Waals surface area contributed by atoms with Crippen LogP contribution in [0, 0.1) is 5.82 Å². The van der Waals surface area contributed by atoms with Gasteiger partial charge in [0.05, 0.1) is 19.6 Å². The first-order valence-electron chi connectivity index (χ1n) is 8.44. The lowest BCUT2D eigenvalue weighted by atomic mass is 10.0. The Labute approximate surface area is 152 Å². The van der Waals surface area contributed by atoms with E-state index >= 15 is 0 Å². The van der Waals surface area contributed by atoms with Crippen molar-refractivity contribution >= 4 is 5.91 Å². The van der Waals surface area contributed by atoms with Gasteiger partial charge in [-0.05, 0) is 35.9 Å². The lowest BCUT2D eigenvalue weighted by molar-refractivity contribution is -0.121. The summed E-state index contributed by atoms with van der Waals surface area (Å²) in [4.78, 5) is 12.5. The number of para-hydroxylation sites is 1. The van der Waals surface area contributed by atoms with E-state index in [-0.39, 0.29) is 24.2 Å². The normalized spacial score (nSPS) is 11.8. The summed E-state index contributed by atoms with van der Waals surface area (Å²) in [5.41, 5.74) is 1.80. The standard InChI is InChI=1S/C21H21FN2O2/c1-26-20-7-3-2-6-17(20)15-23-21(25)14-19(24-12-4-5-13-24)16-8-10-18(22)11-9-16/h2-13,19H,14-15H2,1H3,(H,23,25). The number of methoxy groups -OCH3 is 1. The summed E-state index contributed by atoms with van der Waals surface area (Å²) in [6, 6.07) is 17.5. The van der Waals surface area contributed by atoms with Gasteiger partial charge in [0.2, 0.25) is 5.91 Å². The summed E-state index contributed by atoms with van der Waals surface area (Å²) in [6.45, 7) is 0.394. The van der Waals surface area contributed by atoms with E-state index in [1.807, 2.05) is 53.4 Å². The number of ether oxygens (including phenoxy) is 1. The molecule has 0 spiro atoms. The molecule has 1 unspecified atom stereocenters. The Hall–Kier alpha value is -3.08. The van der Waals surface area contributed by atoms with Crippen molar-refractivity contribution in [3.05, 3.63) is 90.0 Å². The van der Waals surface area contributed by atoms with Crippen LogP contribution < -0.4 is 10.1 Å². The van der Waals surface area contributed by atoms with E-state index in [0.29, 0.717) is 6.54 Å². The molecule has 1 atom stereocenters. The second kappa shape index (κ2) is 8.34. The summed E-state index contributed by atoms with van der Waals surface area (Å²) in [5, 5.41) is 2.94. The van der Waals surface area contributed by atoms with Gasteiger partial charge in [0.15, 0.2) is 0 Å². The zero-order valence-electron chi connectivity index (χ0n) is 14.6. The molecule has 2 aromatic carbocycles. The number of amides is 1. The van der Waals surface area contributed by atoms with Crippen molar-refractivity contribution in [2.45, 2.75) is 19.0 Å². The van der Waals surface area contributed by atoms with Crippen molar-refractivity contribution in [2.75, 3.05) is 7.11 Å². The van der Waals surface area contributed by atoms with Crippen molar-refractivity contribution in [3.8, 4) is 5.75 Å². The number of hydrogen-bond donors (Lipinski definition) is 1. The monoisotopic (exact) mass is 352 g/mol. The van der Waals surface area contributed by atoms with Gasteiger partial charge in [-0.1, -0.05) is 30.3 Å². The fourth-order valence-electron chi connectivity index (χ4n) is 2.93. The molecule has 3 aromatic rings. The first-order valence-corrected chi connectivity index (χ1v) is 8.44. The van der Waals surface area contributed by atoms with Crippen molar-refractivity contribution in [1.82, 2.24) is 9.88 Å². The van der Waals surface area contributed by atoms with Gasteiger partial charge in [-0.15, -0.1) is 0 Å². The van der Waals surface area contributed by atoms with Gasteiger partial charge in [-0.3, -0.25) is 4.79 Å². The van der Waals surface area contributed by atoms with Crippen LogP contribution in [0.5, 0.6) is 5.75 Å². The van der Waals surface area contributed by atoms with Crippen LogP contribution in [-0.4, -0.2) is 17.6 Å². The van der Waals surface area contributed by atoms with Crippen molar-refractivity contribution in [2.24, 2.45) is 0 Å². The van der Waals surface area contributed by atoms with E-state index in [2.05, 4.69) is 5.32 Å². The number of benzene rings is 2. The quantitative estimate of drug-likeness (QED) is 0.700. The number of halogens is 1. The van der Waals surface area contributed by atoms with Gasteiger partial charge in [0.1, 0.15) is 11.6 Å². The highest BCUT2D eigenvalue weighted by Crippen LogP contribution is 2.23. The first-order chi connectivity index (χ1) is 12.7. The van der Waals surface area contributed by atoms with Gasteiger partial charge >= 0.3 is 0 Å². The number of carbonyl (C=O) groups is 1. The predicted molar refractivity (Wildman–Crippen MR) is 98.4 cm³/mol. The van der Waals surface area contributed by atoms with Gasteiger partial charge in [-0.2, -0.15) is 0 Å². The highest BCUT2D eigenvalue weighted by atomic mass is 19.1. The van der Waals surface area contributed by atoms with Crippen LogP contribution in [0.3, 0.4) is 0 Å². The second-order valence-electron chi connectivity index (χ2n) is 5.99. The average molecular weight is 352 g/mol. The summed E-state index contributed by atoms with van der Waals surface area (Å²) in [6.07, 6.45) is 4.07. The molecule has 1 N–H and O–H groups in total. The summed E-state index contributed by atoms with van der Waals surface area (Å²) < 4.78 is 20.5. The second-order valence-corrected chi connectivity index (χ2v) is 5.99. The molecule has 0 bridgehead atoms.